The minimum absolute atomic E-state index is 0.461. The summed E-state index contributed by atoms with van der Waals surface area (Å²) >= 11 is 1.71. The van der Waals surface area contributed by atoms with Crippen LogP contribution in [0.4, 0.5) is 0 Å². The third kappa shape index (κ3) is 5.55. The number of hydrogen-bond acceptors (Lipinski definition) is 5. The van der Waals surface area contributed by atoms with Crippen LogP contribution in [0, 0.1) is 0 Å². The average molecular weight is 257 g/mol. The molecule has 0 aliphatic rings. The minimum atomic E-state index is 0.461. The van der Waals surface area contributed by atoms with Crippen molar-refractivity contribution in [2.75, 3.05) is 12.8 Å². The summed E-state index contributed by atoms with van der Waals surface area (Å²) in [5, 5.41) is 7.49. The molecule has 17 heavy (non-hydrogen) atoms. The molecule has 0 saturated carbocycles. The summed E-state index contributed by atoms with van der Waals surface area (Å²) in [6, 6.07) is 0.461. The van der Waals surface area contributed by atoms with E-state index in [4.69, 9.17) is 4.52 Å². The van der Waals surface area contributed by atoms with Crippen molar-refractivity contribution in [1.29, 1.82) is 0 Å². The van der Waals surface area contributed by atoms with E-state index in [1.54, 1.807) is 11.8 Å². The zero-order valence-corrected chi connectivity index (χ0v) is 11.8. The van der Waals surface area contributed by atoms with Crippen LogP contribution in [-0.2, 0) is 12.2 Å². The summed E-state index contributed by atoms with van der Waals surface area (Å²) in [6.45, 7) is 5.43. The number of aromatic nitrogens is 2. The van der Waals surface area contributed by atoms with Gasteiger partial charge in [-0.05, 0) is 25.6 Å². The summed E-state index contributed by atoms with van der Waals surface area (Å²) in [4.78, 5) is 4.39. The Labute approximate surface area is 108 Å². The Hall–Kier alpha value is -0.550. The smallest absolute Gasteiger partial charge is 0.228 e. The van der Waals surface area contributed by atoms with Gasteiger partial charge in [0.25, 0.3) is 0 Å². The highest BCUT2D eigenvalue weighted by Gasteiger charge is 2.13. The van der Waals surface area contributed by atoms with Gasteiger partial charge in [0.2, 0.25) is 5.89 Å². The van der Waals surface area contributed by atoms with Gasteiger partial charge in [-0.1, -0.05) is 25.4 Å². The summed E-state index contributed by atoms with van der Waals surface area (Å²) < 4.78 is 5.26. The van der Waals surface area contributed by atoms with E-state index in [1.807, 2.05) is 6.26 Å². The van der Waals surface area contributed by atoms with Gasteiger partial charge >= 0.3 is 0 Å². The maximum absolute atomic E-state index is 5.26. The fourth-order valence-electron chi connectivity index (χ4n) is 1.74. The molecular weight excluding hydrogens is 234 g/mol. The Morgan fingerprint density at radius 2 is 2.18 bits per heavy atom. The van der Waals surface area contributed by atoms with E-state index in [-0.39, 0.29) is 0 Å². The van der Waals surface area contributed by atoms with Crippen LogP contribution in [0.1, 0.15) is 44.8 Å². The van der Waals surface area contributed by atoms with E-state index in [0.717, 1.165) is 43.3 Å². The molecule has 0 spiro atoms. The Balaban J connectivity index is 2.46. The molecule has 0 aromatic carbocycles. The molecule has 0 aliphatic carbocycles. The van der Waals surface area contributed by atoms with Gasteiger partial charge in [0.1, 0.15) is 0 Å². The van der Waals surface area contributed by atoms with Gasteiger partial charge in [-0.3, -0.25) is 0 Å². The molecule has 1 unspecified atom stereocenters. The van der Waals surface area contributed by atoms with Gasteiger partial charge in [0.15, 0.2) is 5.82 Å². The topological polar surface area (TPSA) is 51.0 Å². The van der Waals surface area contributed by atoms with Crippen LogP contribution in [0.2, 0.25) is 0 Å². The third-order valence-corrected chi connectivity index (χ3v) is 3.07. The van der Waals surface area contributed by atoms with Crippen LogP contribution in [-0.4, -0.2) is 29.0 Å². The number of thioether (sulfide) groups is 1. The Morgan fingerprint density at radius 1 is 1.35 bits per heavy atom. The highest BCUT2D eigenvalue weighted by atomic mass is 32.2. The molecule has 1 atom stereocenters. The molecule has 1 aromatic heterocycles. The number of nitrogens with one attached hydrogen (secondary N) is 1. The molecule has 1 N–H and O–H groups in total. The van der Waals surface area contributed by atoms with Gasteiger partial charge < -0.3 is 9.84 Å². The predicted octanol–water partition coefficient (Wildman–Crippen LogP) is 2.64. The van der Waals surface area contributed by atoms with Crippen LogP contribution in [0.25, 0.3) is 0 Å². The first-order valence-corrected chi connectivity index (χ1v) is 7.73. The molecule has 4 nitrogen and oxygen atoms in total. The van der Waals surface area contributed by atoms with Crippen LogP contribution in [0.3, 0.4) is 0 Å². The monoisotopic (exact) mass is 257 g/mol. The first-order valence-electron chi connectivity index (χ1n) is 6.33. The fourth-order valence-corrected chi connectivity index (χ4v) is 2.12. The molecule has 5 heteroatoms. The summed E-state index contributed by atoms with van der Waals surface area (Å²) in [7, 11) is 0. The first kappa shape index (κ1) is 14.5. The van der Waals surface area contributed by atoms with Crippen LogP contribution in [0.15, 0.2) is 4.52 Å². The molecule has 0 saturated heterocycles. The van der Waals surface area contributed by atoms with Gasteiger partial charge in [-0.25, -0.2) is 0 Å². The van der Waals surface area contributed by atoms with Gasteiger partial charge in [0.05, 0.1) is 5.75 Å². The average Bonchev–Trinajstić information content (AvgIpc) is 2.74. The molecule has 1 heterocycles. The Morgan fingerprint density at radius 3 is 2.82 bits per heavy atom. The SMILES string of the molecule is CCCNC(CCC)Cc1nc(CSC)no1. The maximum Gasteiger partial charge on any atom is 0.228 e. The molecule has 1 rings (SSSR count). The van der Waals surface area contributed by atoms with Crippen molar-refractivity contribution >= 4 is 11.8 Å². The van der Waals surface area contributed by atoms with Gasteiger partial charge in [-0.15, -0.1) is 0 Å². The van der Waals surface area contributed by atoms with E-state index >= 15 is 0 Å². The molecule has 0 bridgehead atoms. The van der Waals surface area contributed by atoms with E-state index in [0.29, 0.717) is 6.04 Å². The first-order chi connectivity index (χ1) is 8.30. The van der Waals surface area contributed by atoms with Crippen molar-refractivity contribution < 1.29 is 4.52 Å². The lowest BCUT2D eigenvalue weighted by atomic mass is 10.1. The number of hydrogen-bond donors (Lipinski definition) is 1. The van der Waals surface area contributed by atoms with E-state index in [2.05, 4.69) is 29.3 Å². The number of rotatable bonds is 9. The second-order valence-corrected chi connectivity index (χ2v) is 5.05. The highest BCUT2D eigenvalue weighted by Crippen LogP contribution is 2.09. The zero-order valence-electron chi connectivity index (χ0n) is 11.0. The molecule has 0 amide bonds. The summed E-state index contributed by atoms with van der Waals surface area (Å²) in [5.74, 6) is 2.39. The second kappa shape index (κ2) is 8.53. The van der Waals surface area contributed by atoms with Crippen molar-refractivity contribution in [2.45, 2.75) is 51.3 Å². The second-order valence-electron chi connectivity index (χ2n) is 4.18. The van der Waals surface area contributed by atoms with Crippen LogP contribution in [0.5, 0.6) is 0 Å². The molecular formula is C12H23N3OS. The largest absolute Gasteiger partial charge is 0.339 e. The standard InChI is InChI=1S/C12H23N3OS/c1-4-6-10(13-7-5-2)8-12-14-11(9-17-3)15-16-12/h10,13H,4-9H2,1-3H3. The molecule has 0 aliphatic heterocycles. The third-order valence-electron chi connectivity index (χ3n) is 2.52. The summed E-state index contributed by atoms with van der Waals surface area (Å²) in [5.41, 5.74) is 0. The van der Waals surface area contributed by atoms with Crippen molar-refractivity contribution in [1.82, 2.24) is 15.5 Å². The highest BCUT2D eigenvalue weighted by molar-refractivity contribution is 7.97. The van der Waals surface area contributed by atoms with Crippen LogP contribution < -0.4 is 5.32 Å². The van der Waals surface area contributed by atoms with Crippen molar-refractivity contribution in [3.05, 3.63) is 11.7 Å². The quantitative estimate of drug-likeness (QED) is 0.737. The Kier molecular flexibility index (Phi) is 7.28. The van der Waals surface area contributed by atoms with Crippen molar-refractivity contribution in [2.24, 2.45) is 0 Å². The lowest BCUT2D eigenvalue weighted by Crippen LogP contribution is -2.31. The van der Waals surface area contributed by atoms with E-state index in [1.165, 1.54) is 6.42 Å². The summed E-state index contributed by atoms with van der Waals surface area (Å²) in [6.07, 6.45) is 6.36. The molecule has 0 fully saturated rings. The minimum Gasteiger partial charge on any atom is -0.339 e. The van der Waals surface area contributed by atoms with Crippen molar-refractivity contribution in [3.63, 3.8) is 0 Å². The molecule has 1 aromatic rings. The maximum atomic E-state index is 5.26. The number of nitrogens with zero attached hydrogens (tertiary/aromatic N) is 2. The predicted molar refractivity (Wildman–Crippen MR) is 72.2 cm³/mol. The van der Waals surface area contributed by atoms with Crippen molar-refractivity contribution in [3.8, 4) is 0 Å². The van der Waals surface area contributed by atoms with E-state index in [9.17, 15) is 0 Å². The Bertz CT molecular complexity index is 304. The lowest BCUT2D eigenvalue weighted by Gasteiger charge is -2.15. The van der Waals surface area contributed by atoms with Gasteiger partial charge in [0, 0.05) is 12.5 Å². The fraction of sp³-hybridized carbons (Fsp3) is 0.833. The zero-order chi connectivity index (χ0) is 12.5. The molecule has 98 valence electrons. The normalized spacial score (nSPS) is 12.9. The van der Waals surface area contributed by atoms with Gasteiger partial charge in [-0.2, -0.15) is 16.7 Å². The molecule has 0 radical (unpaired) electrons. The van der Waals surface area contributed by atoms with E-state index < -0.39 is 0 Å². The van der Waals surface area contributed by atoms with Crippen LogP contribution >= 0.6 is 11.8 Å². The lowest BCUT2D eigenvalue weighted by molar-refractivity contribution is 0.347.